The molecule has 33 heavy (non-hydrogen) atoms. The maximum absolute atomic E-state index is 13.0. The van der Waals surface area contributed by atoms with Gasteiger partial charge in [-0.15, -0.1) is 0 Å². The van der Waals surface area contributed by atoms with Gasteiger partial charge in [0.25, 0.3) is 11.8 Å². The van der Waals surface area contributed by atoms with Gasteiger partial charge in [0, 0.05) is 5.56 Å². The van der Waals surface area contributed by atoms with Gasteiger partial charge in [0.15, 0.2) is 12.4 Å². The first kappa shape index (κ1) is 20.8. The second-order valence-electron chi connectivity index (χ2n) is 8.33. The van der Waals surface area contributed by atoms with Crippen molar-refractivity contribution in [3.8, 4) is 0 Å². The Balaban J connectivity index is 1.31. The van der Waals surface area contributed by atoms with Gasteiger partial charge in [0.2, 0.25) is 0 Å². The third-order valence-corrected chi connectivity index (χ3v) is 6.23. The maximum atomic E-state index is 13.0. The lowest BCUT2D eigenvalue weighted by Gasteiger charge is -2.16. The highest BCUT2D eigenvalue weighted by atomic mass is 16.5. The van der Waals surface area contributed by atoms with E-state index in [1.54, 1.807) is 18.2 Å². The summed E-state index contributed by atoms with van der Waals surface area (Å²) in [5.74, 6) is -1.93. The van der Waals surface area contributed by atoms with Gasteiger partial charge in [-0.2, -0.15) is 0 Å². The van der Waals surface area contributed by atoms with Crippen LogP contribution in [0.5, 0.6) is 0 Å². The number of para-hydroxylation sites is 1. The number of carbonyl (C=O) groups is 4. The highest BCUT2D eigenvalue weighted by Gasteiger charge is 2.37. The number of ether oxygens (including phenoxy) is 1. The van der Waals surface area contributed by atoms with Crippen molar-refractivity contribution < 1.29 is 23.9 Å². The molecule has 0 bridgehead atoms. The summed E-state index contributed by atoms with van der Waals surface area (Å²) in [6, 6.07) is 17.0. The molecule has 2 amide bonds. The molecule has 6 nitrogen and oxygen atoms in total. The largest absolute Gasteiger partial charge is 0.454 e. The molecule has 0 atom stereocenters. The van der Waals surface area contributed by atoms with Crippen molar-refractivity contribution in [2.24, 2.45) is 0 Å². The van der Waals surface area contributed by atoms with E-state index in [0.717, 1.165) is 29.7 Å². The third kappa shape index (κ3) is 3.63. The number of hydrogen-bond acceptors (Lipinski definition) is 5. The lowest BCUT2D eigenvalue weighted by atomic mass is 10.0. The van der Waals surface area contributed by atoms with E-state index in [1.807, 2.05) is 31.2 Å². The number of benzene rings is 3. The minimum absolute atomic E-state index is 0.114. The second kappa shape index (κ2) is 8.13. The molecule has 0 saturated carbocycles. The van der Waals surface area contributed by atoms with E-state index in [2.05, 4.69) is 0 Å². The number of rotatable bonds is 5. The van der Waals surface area contributed by atoms with Crippen molar-refractivity contribution in [2.75, 3.05) is 11.5 Å². The zero-order valence-corrected chi connectivity index (χ0v) is 18.1. The fourth-order valence-corrected chi connectivity index (χ4v) is 4.44. The molecule has 1 heterocycles. The first-order valence-electron chi connectivity index (χ1n) is 10.8. The average molecular weight is 439 g/mol. The molecule has 5 rings (SSSR count). The van der Waals surface area contributed by atoms with Gasteiger partial charge in [-0.25, -0.2) is 9.69 Å². The molecule has 0 N–H and O–H groups in total. The number of aryl methyl sites for hydroxylation is 3. The predicted octanol–water partition coefficient (Wildman–Crippen LogP) is 4.32. The number of anilines is 1. The fourth-order valence-electron chi connectivity index (χ4n) is 4.44. The minimum Gasteiger partial charge on any atom is -0.454 e. The molecule has 6 heteroatoms. The summed E-state index contributed by atoms with van der Waals surface area (Å²) in [6.07, 6.45) is 3.07. The Morgan fingerprint density at radius 3 is 2.39 bits per heavy atom. The SMILES string of the molecule is Cc1ccccc1N1C(=O)c2ccc(C(=O)OCC(=O)c3ccc4c(c3)CCC4)cc2C1=O. The van der Waals surface area contributed by atoms with Crippen LogP contribution in [0.1, 0.15) is 64.5 Å². The summed E-state index contributed by atoms with van der Waals surface area (Å²) < 4.78 is 5.22. The Bertz CT molecular complexity index is 1340. The third-order valence-electron chi connectivity index (χ3n) is 6.23. The van der Waals surface area contributed by atoms with Crippen LogP contribution >= 0.6 is 0 Å². The smallest absolute Gasteiger partial charge is 0.338 e. The molecule has 0 aromatic heterocycles. The molecule has 0 fully saturated rings. The summed E-state index contributed by atoms with van der Waals surface area (Å²) in [4.78, 5) is 52.0. The molecule has 2 aliphatic rings. The van der Waals surface area contributed by atoms with E-state index in [9.17, 15) is 19.2 Å². The zero-order valence-electron chi connectivity index (χ0n) is 18.1. The molecule has 0 spiro atoms. The highest BCUT2D eigenvalue weighted by molar-refractivity contribution is 6.35. The summed E-state index contributed by atoms with van der Waals surface area (Å²) in [7, 11) is 0. The van der Waals surface area contributed by atoms with Crippen LogP contribution in [0.25, 0.3) is 0 Å². The van der Waals surface area contributed by atoms with Gasteiger partial charge >= 0.3 is 5.97 Å². The van der Waals surface area contributed by atoms with Gasteiger partial charge in [-0.05, 0) is 73.2 Å². The molecule has 0 radical (unpaired) electrons. The van der Waals surface area contributed by atoms with Crippen LogP contribution in [-0.2, 0) is 17.6 Å². The highest BCUT2D eigenvalue weighted by Crippen LogP contribution is 2.31. The van der Waals surface area contributed by atoms with Crippen molar-refractivity contribution in [2.45, 2.75) is 26.2 Å². The van der Waals surface area contributed by atoms with E-state index in [1.165, 1.54) is 29.3 Å². The van der Waals surface area contributed by atoms with E-state index in [4.69, 9.17) is 4.74 Å². The molecule has 3 aromatic carbocycles. The first-order chi connectivity index (χ1) is 15.9. The Morgan fingerprint density at radius 1 is 0.848 bits per heavy atom. The predicted molar refractivity (Wildman–Crippen MR) is 122 cm³/mol. The van der Waals surface area contributed by atoms with Crippen LogP contribution in [0.4, 0.5) is 5.69 Å². The lowest BCUT2D eigenvalue weighted by molar-refractivity contribution is 0.0474. The number of Topliss-reactive ketones (excluding diaryl/α,β-unsaturated/α-hetero) is 1. The summed E-state index contributed by atoms with van der Waals surface area (Å²) in [5.41, 5.74) is 4.74. The van der Waals surface area contributed by atoms with Gasteiger partial charge in [-0.3, -0.25) is 14.4 Å². The lowest BCUT2D eigenvalue weighted by Crippen LogP contribution is -2.29. The molecule has 1 aliphatic carbocycles. The van der Waals surface area contributed by atoms with E-state index in [0.29, 0.717) is 11.3 Å². The van der Waals surface area contributed by atoms with Crippen LogP contribution < -0.4 is 4.90 Å². The van der Waals surface area contributed by atoms with Crippen LogP contribution in [0.3, 0.4) is 0 Å². The van der Waals surface area contributed by atoms with Crippen LogP contribution in [0, 0.1) is 6.92 Å². The van der Waals surface area contributed by atoms with Crippen LogP contribution in [0.15, 0.2) is 60.7 Å². The number of amides is 2. The number of fused-ring (bicyclic) bond motifs is 2. The van der Waals surface area contributed by atoms with Gasteiger partial charge in [0.05, 0.1) is 22.4 Å². The number of esters is 1. The van der Waals surface area contributed by atoms with E-state index < -0.39 is 24.4 Å². The Labute approximate surface area is 190 Å². The topological polar surface area (TPSA) is 80.8 Å². The molecule has 0 unspecified atom stereocenters. The first-order valence-corrected chi connectivity index (χ1v) is 10.8. The Morgan fingerprint density at radius 2 is 1.58 bits per heavy atom. The molecule has 164 valence electrons. The van der Waals surface area contributed by atoms with E-state index >= 15 is 0 Å². The van der Waals surface area contributed by atoms with Crippen LogP contribution in [0.2, 0.25) is 0 Å². The number of nitrogens with zero attached hydrogens (tertiary/aromatic N) is 1. The van der Waals surface area contributed by atoms with Crippen molar-refractivity contribution in [3.05, 3.63) is 99.6 Å². The monoisotopic (exact) mass is 439 g/mol. The molecular formula is C27H21NO5. The van der Waals surface area contributed by atoms with Crippen molar-refractivity contribution in [3.63, 3.8) is 0 Å². The van der Waals surface area contributed by atoms with Crippen molar-refractivity contribution in [1.82, 2.24) is 0 Å². The Kier molecular flexibility index (Phi) is 5.13. The number of hydrogen-bond donors (Lipinski definition) is 0. The summed E-state index contributed by atoms with van der Waals surface area (Å²) in [5, 5.41) is 0. The standard InChI is InChI=1S/C27H21NO5/c1-16-5-2-3-8-23(16)28-25(30)21-12-11-20(14-22(21)26(28)31)27(32)33-15-24(29)19-10-9-17-6-4-7-18(17)13-19/h2-3,5,8-14H,4,6-7,15H2,1H3. The summed E-state index contributed by atoms with van der Waals surface area (Å²) >= 11 is 0. The molecule has 0 saturated heterocycles. The maximum Gasteiger partial charge on any atom is 0.338 e. The fraction of sp³-hybridized carbons (Fsp3) is 0.185. The van der Waals surface area contributed by atoms with Gasteiger partial charge < -0.3 is 4.74 Å². The van der Waals surface area contributed by atoms with Crippen LogP contribution in [-0.4, -0.2) is 30.2 Å². The average Bonchev–Trinajstić information content (AvgIpc) is 3.39. The van der Waals surface area contributed by atoms with Gasteiger partial charge in [-0.1, -0.05) is 30.3 Å². The second-order valence-corrected chi connectivity index (χ2v) is 8.33. The van der Waals surface area contributed by atoms with Crippen molar-refractivity contribution in [1.29, 1.82) is 0 Å². The number of ketones is 1. The van der Waals surface area contributed by atoms with Gasteiger partial charge in [0.1, 0.15) is 0 Å². The molecular weight excluding hydrogens is 418 g/mol. The minimum atomic E-state index is -0.720. The molecule has 3 aromatic rings. The number of carbonyl (C=O) groups excluding carboxylic acids is 4. The number of imide groups is 1. The normalized spacial score (nSPS) is 14.3. The summed E-state index contributed by atoms with van der Waals surface area (Å²) in [6.45, 7) is 1.43. The molecule has 1 aliphatic heterocycles. The quantitative estimate of drug-likeness (QED) is 0.336. The van der Waals surface area contributed by atoms with Crippen molar-refractivity contribution >= 4 is 29.3 Å². The Hall–Kier alpha value is -4.06. The zero-order chi connectivity index (χ0) is 23.1. The van der Waals surface area contributed by atoms with E-state index in [-0.39, 0.29) is 22.5 Å².